The highest BCUT2D eigenvalue weighted by molar-refractivity contribution is 6.09. The van der Waals surface area contributed by atoms with E-state index in [1.54, 1.807) is 41.3 Å². The lowest BCUT2D eigenvalue weighted by molar-refractivity contribution is -0.133. The van der Waals surface area contributed by atoms with E-state index in [4.69, 9.17) is 14.2 Å². The Balaban J connectivity index is 0.986. The van der Waals surface area contributed by atoms with Gasteiger partial charge >= 0.3 is 0 Å². The van der Waals surface area contributed by atoms with E-state index in [9.17, 15) is 9.59 Å². The Hall–Kier alpha value is -4.92. The zero-order valence-corrected chi connectivity index (χ0v) is 21.2. The van der Waals surface area contributed by atoms with Crippen molar-refractivity contribution < 1.29 is 23.8 Å². The quantitative estimate of drug-likeness (QED) is 0.338. The molecule has 0 bridgehead atoms. The Bertz CT molecular complexity index is 1470. The van der Waals surface area contributed by atoms with Crippen molar-refractivity contribution in [3.63, 3.8) is 0 Å². The van der Waals surface area contributed by atoms with Gasteiger partial charge in [-0.15, -0.1) is 10.2 Å². The number of benzene rings is 3. The smallest absolute Gasteiger partial charge is 0.260 e. The largest absolute Gasteiger partial charge is 0.484 e. The van der Waals surface area contributed by atoms with Gasteiger partial charge in [0.25, 0.3) is 5.91 Å². The van der Waals surface area contributed by atoms with E-state index < -0.39 is 0 Å². The highest BCUT2D eigenvalue weighted by Gasteiger charge is 2.23. The summed E-state index contributed by atoms with van der Waals surface area (Å²) in [5.41, 5.74) is 2.86. The second-order valence-electron chi connectivity index (χ2n) is 9.22. The maximum atomic E-state index is 12.7. The maximum absolute atomic E-state index is 12.7. The number of piperazine rings is 1. The van der Waals surface area contributed by atoms with Crippen LogP contribution in [0.4, 0.5) is 5.82 Å². The molecule has 2 aliphatic rings. The van der Waals surface area contributed by atoms with Gasteiger partial charge in [0.2, 0.25) is 6.79 Å². The summed E-state index contributed by atoms with van der Waals surface area (Å²) >= 11 is 0. The SMILES string of the molecule is O=C(c1ccccc1)c1ccc(OCC(=O)N2CCN(c3ccc(-c4ccc5c(c4)OCO5)nn3)CC2)cc1. The van der Waals surface area contributed by atoms with Crippen LogP contribution < -0.4 is 19.1 Å². The maximum Gasteiger partial charge on any atom is 0.260 e. The van der Waals surface area contributed by atoms with Crippen LogP contribution in [0.5, 0.6) is 17.2 Å². The molecule has 0 aliphatic carbocycles. The summed E-state index contributed by atoms with van der Waals surface area (Å²) in [5, 5.41) is 8.80. The van der Waals surface area contributed by atoms with Crippen LogP contribution in [-0.4, -0.2) is 66.4 Å². The number of carbonyl (C=O) groups excluding carboxylic acids is 2. The van der Waals surface area contributed by atoms with E-state index in [1.807, 2.05) is 48.5 Å². The molecule has 0 unspecified atom stereocenters. The molecule has 6 rings (SSSR count). The van der Waals surface area contributed by atoms with Crippen molar-refractivity contribution >= 4 is 17.5 Å². The fourth-order valence-electron chi connectivity index (χ4n) is 4.58. The van der Waals surface area contributed by atoms with Crippen LogP contribution in [0.15, 0.2) is 84.9 Å². The number of fused-ring (bicyclic) bond motifs is 1. The third-order valence-electron chi connectivity index (χ3n) is 6.79. The number of aromatic nitrogens is 2. The van der Waals surface area contributed by atoms with Gasteiger partial charge in [-0.1, -0.05) is 30.3 Å². The predicted molar refractivity (Wildman–Crippen MR) is 144 cm³/mol. The Morgan fingerprint density at radius 3 is 2.26 bits per heavy atom. The van der Waals surface area contributed by atoms with E-state index in [1.165, 1.54) is 0 Å². The van der Waals surface area contributed by atoms with Crippen LogP contribution in [0.1, 0.15) is 15.9 Å². The number of ether oxygens (including phenoxy) is 3. The fourth-order valence-corrected chi connectivity index (χ4v) is 4.58. The summed E-state index contributed by atoms with van der Waals surface area (Å²) in [5.74, 6) is 2.62. The van der Waals surface area contributed by atoms with Gasteiger partial charge in [-0.2, -0.15) is 0 Å². The number of hydrogen-bond donors (Lipinski definition) is 0. The van der Waals surface area contributed by atoms with E-state index in [2.05, 4.69) is 15.1 Å². The van der Waals surface area contributed by atoms with Gasteiger partial charge in [0, 0.05) is 42.9 Å². The molecule has 196 valence electrons. The lowest BCUT2D eigenvalue weighted by Crippen LogP contribution is -2.50. The topological polar surface area (TPSA) is 94.1 Å². The van der Waals surface area contributed by atoms with Crippen LogP contribution in [-0.2, 0) is 4.79 Å². The zero-order chi connectivity index (χ0) is 26.6. The first-order valence-corrected chi connectivity index (χ1v) is 12.7. The molecule has 3 heterocycles. The fraction of sp³-hybridized carbons (Fsp3) is 0.200. The molecule has 1 saturated heterocycles. The number of carbonyl (C=O) groups is 2. The molecule has 9 nitrogen and oxygen atoms in total. The van der Waals surface area contributed by atoms with Crippen molar-refractivity contribution in [3.05, 3.63) is 96.1 Å². The molecule has 39 heavy (non-hydrogen) atoms. The first-order valence-electron chi connectivity index (χ1n) is 12.7. The summed E-state index contributed by atoms with van der Waals surface area (Å²) in [6.07, 6.45) is 0. The highest BCUT2D eigenvalue weighted by Crippen LogP contribution is 2.35. The van der Waals surface area contributed by atoms with E-state index in [0.29, 0.717) is 48.8 Å². The lowest BCUT2D eigenvalue weighted by atomic mass is 10.0. The number of amides is 1. The minimum absolute atomic E-state index is 0.0524. The molecule has 1 amide bonds. The molecule has 1 fully saturated rings. The molecule has 0 N–H and O–H groups in total. The van der Waals surface area contributed by atoms with E-state index in [0.717, 1.165) is 22.8 Å². The molecule has 3 aromatic carbocycles. The van der Waals surface area contributed by atoms with E-state index >= 15 is 0 Å². The van der Waals surface area contributed by atoms with Crippen molar-refractivity contribution in [1.82, 2.24) is 15.1 Å². The summed E-state index contributed by atoms with van der Waals surface area (Å²) in [7, 11) is 0. The molecule has 0 radical (unpaired) electrons. The van der Waals surface area contributed by atoms with Crippen molar-refractivity contribution in [3.8, 4) is 28.5 Å². The number of anilines is 1. The molecule has 0 saturated carbocycles. The minimum atomic E-state index is -0.0803. The van der Waals surface area contributed by atoms with Gasteiger partial charge in [0.15, 0.2) is 29.7 Å². The van der Waals surface area contributed by atoms with Crippen LogP contribution in [0.3, 0.4) is 0 Å². The third-order valence-corrected chi connectivity index (χ3v) is 6.79. The van der Waals surface area contributed by atoms with Crippen LogP contribution in [0.25, 0.3) is 11.3 Å². The second-order valence-corrected chi connectivity index (χ2v) is 9.22. The molecule has 2 aliphatic heterocycles. The van der Waals surface area contributed by atoms with Gasteiger partial charge in [0.05, 0.1) is 5.69 Å². The number of rotatable bonds is 7. The average Bonchev–Trinajstić information content (AvgIpc) is 3.49. The first-order chi connectivity index (χ1) is 19.1. The monoisotopic (exact) mass is 522 g/mol. The number of hydrogen-bond acceptors (Lipinski definition) is 8. The van der Waals surface area contributed by atoms with Crippen molar-refractivity contribution in [2.24, 2.45) is 0 Å². The van der Waals surface area contributed by atoms with Crippen molar-refractivity contribution in [2.45, 2.75) is 0 Å². The Morgan fingerprint density at radius 1 is 0.769 bits per heavy atom. The molecule has 4 aromatic rings. The van der Waals surface area contributed by atoms with Gasteiger partial charge in [-0.05, 0) is 54.6 Å². The molecular weight excluding hydrogens is 496 g/mol. The zero-order valence-electron chi connectivity index (χ0n) is 21.2. The van der Waals surface area contributed by atoms with Gasteiger partial charge < -0.3 is 24.0 Å². The van der Waals surface area contributed by atoms with Crippen LogP contribution in [0, 0.1) is 0 Å². The number of nitrogens with zero attached hydrogens (tertiary/aromatic N) is 4. The van der Waals surface area contributed by atoms with Crippen molar-refractivity contribution in [1.29, 1.82) is 0 Å². The Morgan fingerprint density at radius 2 is 1.51 bits per heavy atom. The standard InChI is InChI=1S/C30H26N4O5/c35-29(19-37-24-9-6-22(7-10-24)30(36)21-4-2-1-3-5-21)34-16-14-33(15-17-34)28-13-11-25(31-32-28)23-8-12-26-27(18-23)39-20-38-26/h1-13,18H,14-17,19-20H2. The first kappa shape index (κ1) is 24.4. The summed E-state index contributed by atoms with van der Waals surface area (Å²) in [6, 6.07) is 25.6. The summed E-state index contributed by atoms with van der Waals surface area (Å²) in [6.45, 7) is 2.61. The molecule has 0 atom stereocenters. The van der Waals surface area contributed by atoms with E-state index in [-0.39, 0.29) is 25.1 Å². The average molecular weight is 523 g/mol. The number of ketones is 1. The van der Waals surface area contributed by atoms with Crippen LogP contribution in [0.2, 0.25) is 0 Å². The van der Waals surface area contributed by atoms with Gasteiger partial charge in [0.1, 0.15) is 5.75 Å². The lowest BCUT2D eigenvalue weighted by Gasteiger charge is -2.35. The highest BCUT2D eigenvalue weighted by atomic mass is 16.7. The van der Waals surface area contributed by atoms with Gasteiger partial charge in [-0.25, -0.2) is 0 Å². The van der Waals surface area contributed by atoms with Gasteiger partial charge in [-0.3, -0.25) is 9.59 Å². The summed E-state index contributed by atoms with van der Waals surface area (Å²) in [4.78, 5) is 29.2. The normalized spacial score (nSPS) is 14.3. The van der Waals surface area contributed by atoms with Crippen molar-refractivity contribution in [2.75, 3.05) is 44.5 Å². The minimum Gasteiger partial charge on any atom is -0.484 e. The molecule has 1 aromatic heterocycles. The molecular formula is C30H26N4O5. The van der Waals surface area contributed by atoms with Crippen LogP contribution >= 0.6 is 0 Å². The predicted octanol–water partition coefficient (Wildman–Crippen LogP) is 3.83. The Labute approximate surface area is 225 Å². The third kappa shape index (κ3) is 5.38. The molecule has 9 heteroatoms. The molecule has 0 spiro atoms. The second kappa shape index (κ2) is 10.8. The Kier molecular flexibility index (Phi) is 6.78. The summed E-state index contributed by atoms with van der Waals surface area (Å²) < 4.78 is 16.5.